The number of hydrogen-bond acceptors (Lipinski definition) is 4. The SMILES string of the molecule is CC1=C(C(=O)OC(C)C)C(c2ccc(OC3CCCCC3)cc2)NC(=O)N1. The van der Waals surface area contributed by atoms with Gasteiger partial charge in [-0.25, -0.2) is 9.59 Å². The third-order valence-corrected chi connectivity index (χ3v) is 4.90. The van der Waals surface area contributed by atoms with E-state index in [0.29, 0.717) is 11.3 Å². The van der Waals surface area contributed by atoms with Crippen LogP contribution in [0.15, 0.2) is 35.5 Å². The van der Waals surface area contributed by atoms with Crippen LogP contribution in [0, 0.1) is 0 Å². The van der Waals surface area contributed by atoms with E-state index in [1.165, 1.54) is 19.3 Å². The Morgan fingerprint density at radius 1 is 1.11 bits per heavy atom. The standard InChI is InChI=1S/C21H28N2O4/c1-13(2)26-20(24)18-14(3)22-21(25)23-19(18)15-9-11-17(12-10-15)27-16-7-5-4-6-8-16/h9-13,16,19H,4-8H2,1-3H3,(H2,22,23,25). The Morgan fingerprint density at radius 3 is 2.41 bits per heavy atom. The summed E-state index contributed by atoms with van der Waals surface area (Å²) >= 11 is 0. The van der Waals surface area contributed by atoms with Crippen LogP contribution in [0.5, 0.6) is 5.75 Å². The highest BCUT2D eigenvalue weighted by molar-refractivity contribution is 5.95. The number of carbonyl (C=O) groups is 2. The fourth-order valence-corrected chi connectivity index (χ4v) is 3.61. The maximum absolute atomic E-state index is 12.5. The van der Waals surface area contributed by atoms with Crippen LogP contribution in [-0.4, -0.2) is 24.2 Å². The van der Waals surface area contributed by atoms with Gasteiger partial charge in [0.2, 0.25) is 0 Å². The van der Waals surface area contributed by atoms with Gasteiger partial charge in [-0.05, 0) is 64.2 Å². The molecule has 6 heteroatoms. The van der Waals surface area contributed by atoms with Crippen LogP contribution in [0.2, 0.25) is 0 Å². The van der Waals surface area contributed by atoms with Gasteiger partial charge in [0.25, 0.3) is 0 Å². The molecule has 2 N–H and O–H groups in total. The average Bonchev–Trinajstić information content (AvgIpc) is 2.62. The molecule has 3 rings (SSSR count). The van der Waals surface area contributed by atoms with Crippen molar-refractivity contribution in [1.29, 1.82) is 0 Å². The molecule has 1 atom stereocenters. The van der Waals surface area contributed by atoms with Crippen molar-refractivity contribution in [3.8, 4) is 5.75 Å². The molecule has 27 heavy (non-hydrogen) atoms. The first-order valence-corrected chi connectivity index (χ1v) is 9.70. The summed E-state index contributed by atoms with van der Waals surface area (Å²) in [7, 11) is 0. The summed E-state index contributed by atoms with van der Waals surface area (Å²) in [4.78, 5) is 24.5. The highest BCUT2D eigenvalue weighted by atomic mass is 16.5. The third kappa shape index (κ3) is 4.81. The number of urea groups is 1. The molecule has 1 fully saturated rings. The fraction of sp³-hybridized carbons (Fsp3) is 0.524. The van der Waals surface area contributed by atoms with Gasteiger partial charge in [0, 0.05) is 5.70 Å². The molecule has 1 aromatic carbocycles. The predicted octanol–water partition coefficient (Wildman–Crippen LogP) is 3.98. The maximum Gasteiger partial charge on any atom is 0.338 e. The number of amides is 2. The number of allylic oxidation sites excluding steroid dienone is 1. The Hall–Kier alpha value is -2.50. The van der Waals surface area contributed by atoms with E-state index < -0.39 is 12.0 Å². The van der Waals surface area contributed by atoms with Crippen LogP contribution in [-0.2, 0) is 9.53 Å². The minimum Gasteiger partial charge on any atom is -0.490 e. The van der Waals surface area contributed by atoms with Gasteiger partial charge >= 0.3 is 12.0 Å². The summed E-state index contributed by atoms with van der Waals surface area (Å²) < 4.78 is 11.4. The largest absolute Gasteiger partial charge is 0.490 e. The third-order valence-electron chi connectivity index (χ3n) is 4.90. The summed E-state index contributed by atoms with van der Waals surface area (Å²) in [6.07, 6.45) is 5.96. The van der Waals surface area contributed by atoms with Crippen molar-refractivity contribution in [3.63, 3.8) is 0 Å². The lowest BCUT2D eigenvalue weighted by Crippen LogP contribution is -2.45. The van der Waals surface area contributed by atoms with Gasteiger partial charge in [-0.3, -0.25) is 0 Å². The van der Waals surface area contributed by atoms with Crippen LogP contribution >= 0.6 is 0 Å². The fourth-order valence-electron chi connectivity index (χ4n) is 3.61. The van der Waals surface area contributed by atoms with Crippen LogP contribution in [0.1, 0.15) is 64.5 Å². The topological polar surface area (TPSA) is 76.7 Å². The smallest absolute Gasteiger partial charge is 0.338 e. The van der Waals surface area contributed by atoms with E-state index in [4.69, 9.17) is 9.47 Å². The minimum absolute atomic E-state index is 0.234. The molecule has 2 amide bonds. The molecular formula is C21H28N2O4. The summed E-state index contributed by atoms with van der Waals surface area (Å²) in [5.74, 6) is 0.389. The molecule has 0 spiro atoms. The normalized spacial score (nSPS) is 20.9. The second kappa shape index (κ2) is 8.46. The lowest BCUT2D eigenvalue weighted by molar-refractivity contribution is -0.143. The zero-order valence-electron chi connectivity index (χ0n) is 16.2. The van der Waals surface area contributed by atoms with Crippen molar-refractivity contribution in [2.45, 2.75) is 71.1 Å². The Labute approximate surface area is 160 Å². The van der Waals surface area contributed by atoms with E-state index in [1.54, 1.807) is 20.8 Å². The molecule has 0 saturated heterocycles. The first kappa shape index (κ1) is 19.3. The zero-order chi connectivity index (χ0) is 19.4. The number of benzene rings is 1. The molecule has 0 aromatic heterocycles. The summed E-state index contributed by atoms with van der Waals surface area (Å²) in [5.41, 5.74) is 1.75. The molecule has 1 heterocycles. The maximum atomic E-state index is 12.5. The molecule has 146 valence electrons. The average molecular weight is 372 g/mol. The molecule has 1 saturated carbocycles. The van der Waals surface area contributed by atoms with Crippen LogP contribution in [0.3, 0.4) is 0 Å². The molecular weight excluding hydrogens is 344 g/mol. The van der Waals surface area contributed by atoms with Gasteiger partial charge in [0.05, 0.1) is 23.8 Å². The first-order chi connectivity index (χ1) is 12.9. The number of rotatable bonds is 5. The molecule has 1 aliphatic carbocycles. The van der Waals surface area contributed by atoms with Gasteiger partial charge in [-0.15, -0.1) is 0 Å². The summed E-state index contributed by atoms with van der Waals surface area (Å²) in [6.45, 7) is 5.31. The molecule has 1 aromatic rings. The summed E-state index contributed by atoms with van der Waals surface area (Å²) in [5, 5.41) is 5.47. The minimum atomic E-state index is -0.547. The van der Waals surface area contributed by atoms with Crippen molar-refractivity contribution >= 4 is 12.0 Å². The van der Waals surface area contributed by atoms with Crippen molar-refractivity contribution < 1.29 is 19.1 Å². The van der Waals surface area contributed by atoms with Gasteiger partial charge in [0.15, 0.2) is 0 Å². The molecule has 2 aliphatic rings. The van der Waals surface area contributed by atoms with Crippen molar-refractivity contribution in [2.24, 2.45) is 0 Å². The highest BCUT2D eigenvalue weighted by Crippen LogP contribution is 2.30. The molecule has 6 nitrogen and oxygen atoms in total. The van der Waals surface area contributed by atoms with Crippen molar-refractivity contribution in [3.05, 3.63) is 41.1 Å². The molecule has 1 unspecified atom stereocenters. The van der Waals surface area contributed by atoms with E-state index in [1.807, 2.05) is 24.3 Å². The first-order valence-electron chi connectivity index (χ1n) is 9.70. The Morgan fingerprint density at radius 2 is 1.78 bits per heavy atom. The van der Waals surface area contributed by atoms with E-state index in [9.17, 15) is 9.59 Å². The second-order valence-electron chi connectivity index (χ2n) is 7.47. The number of hydrogen-bond donors (Lipinski definition) is 2. The number of carbonyl (C=O) groups excluding carboxylic acids is 2. The monoisotopic (exact) mass is 372 g/mol. The zero-order valence-corrected chi connectivity index (χ0v) is 16.2. The number of esters is 1. The number of nitrogens with one attached hydrogen (secondary N) is 2. The van der Waals surface area contributed by atoms with E-state index >= 15 is 0 Å². The van der Waals surface area contributed by atoms with E-state index in [0.717, 1.165) is 24.2 Å². The molecule has 1 aliphatic heterocycles. The van der Waals surface area contributed by atoms with Gasteiger partial charge in [0.1, 0.15) is 5.75 Å². The van der Waals surface area contributed by atoms with Crippen molar-refractivity contribution in [2.75, 3.05) is 0 Å². The predicted molar refractivity (Wildman–Crippen MR) is 102 cm³/mol. The van der Waals surface area contributed by atoms with Gasteiger partial charge in [-0.2, -0.15) is 0 Å². The van der Waals surface area contributed by atoms with Gasteiger partial charge in [-0.1, -0.05) is 18.6 Å². The van der Waals surface area contributed by atoms with Gasteiger partial charge < -0.3 is 20.1 Å². The number of ether oxygens (including phenoxy) is 2. The Kier molecular flexibility index (Phi) is 6.04. The lowest BCUT2D eigenvalue weighted by Gasteiger charge is -2.29. The van der Waals surface area contributed by atoms with Crippen LogP contribution in [0.4, 0.5) is 4.79 Å². The summed E-state index contributed by atoms with van der Waals surface area (Å²) in [6, 6.07) is 6.71. The Balaban J connectivity index is 1.78. The molecule has 0 bridgehead atoms. The van der Waals surface area contributed by atoms with Crippen LogP contribution in [0.25, 0.3) is 0 Å². The lowest BCUT2D eigenvalue weighted by atomic mass is 9.95. The quantitative estimate of drug-likeness (QED) is 0.767. The Bertz CT molecular complexity index is 718. The van der Waals surface area contributed by atoms with Crippen LogP contribution < -0.4 is 15.4 Å². The van der Waals surface area contributed by atoms with E-state index in [-0.39, 0.29) is 18.2 Å². The van der Waals surface area contributed by atoms with E-state index in [2.05, 4.69) is 10.6 Å². The second-order valence-corrected chi connectivity index (χ2v) is 7.47. The molecule has 0 radical (unpaired) electrons. The highest BCUT2D eigenvalue weighted by Gasteiger charge is 2.32. The van der Waals surface area contributed by atoms with Crippen molar-refractivity contribution in [1.82, 2.24) is 10.6 Å².